The highest BCUT2D eigenvalue weighted by Gasteiger charge is 2.33. The van der Waals surface area contributed by atoms with Crippen LogP contribution < -0.4 is 5.32 Å². The second-order valence-corrected chi connectivity index (χ2v) is 4.50. The predicted molar refractivity (Wildman–Crippen MR) is 61.9 cm³/mol. The first-order valence-corrected chi connectivity index (χ1v) is 6.14. The van der Waals surface area contributed by atoms with Gasteiger partial charge in [-0.05, 0) is 39.3 Å². The summed E-state index contributed by atoms with van der Waals surface area (Å²) in [5.41, 5.74) is 0.277. The maximum absolute atomic E-state index is 5.77. The molecule has 3 heteroatoms. The van der Waals surface area contributed by atoms with Crippen molar-refractivity contribution >= 4 is 0 Å². The average Bonchev–Trinajstić information content (AvgIpc) is 2.31. The highest BCUT2D eigenvalue weighted by atomic mass is 16.7. The van der Waals surface area contributed by atoms with Crippen LogP contribution in [0.3, 0.4) is 0 Å². The lowest BCUT2D eigenvalue weighted by atomic mass is 9.83. The van der Waals surface area contributed by atoms with Crippen LogP contribution in [-0.2, 0) is 9.47 Å². The van der Waals surface area contributed by atoms with Crippen LogP contribution in [-0.4, -0.2) is 33.1 Å². The van der Waals surface area contributed by atoms with Gasteiger partial charge in [-0.2, -0.15) is 0 Å². The molecule has 0 aromatic heterocycles. The van der Waals surface area contributed by atoms with Crippen LogP contribution in [0.2, 0.25) is 0 Å². The monoisotopic (exact) mass is 215 g/mol. The Morgan fingerprint density at radius 2 is 1.80 bits per heavy atom. The fraction of sp³-hybridized carbons (Fsp3) is 1.00. The lowest BCUT2D eigenvalue weighted by Crippen LogP contribution is -2.41. The number of hydrogen-bond acceptors (Lipinski definition) is 3. The smallest absolute Gasteiger partial charge is 0.157 e. The van der Waals surface area contributed by atoms with E-state index in [4.69, 9.17) is 9.47 Å². The van der Waals surface area contributed by atoms with Crippen molar-refractivity contribution in [1.29, 1.82) is 0 Å². The molecule has 1 heterocycles. The number of rotatable bonds is 6. The fourth-order valence-electron chi connectivity index (χ4n) is 1.90. The first-order chi connectivity index (χ1) is 7.26. The Balaban J connectivity index is 2.22. The molecule has 1 aliphatic heterocycles. The number of ether oxygens (including phenoxy) is 2. The summed E-state index contributed by atoms with van der Waals surface area (Å²) in [7, 11) is 1.97. The van der Waals surface area contributed by atoms with Crippen LogP contribution in [0.5, 0.6) is 0 Å². The van der Waals surface area contributed by atoms with Crippen LogP contribution in [0.1, 0.15) is 39.5 Å². The lowest BCUT2D eigenvalue weighted by molar-refractivity contribution is -0.233. The standard InChI is InChI=1S/C12H25NO2/c1-4-12(5-2)9-14-11(15-10-12)7-6-8-13-3/h11,13H,4-10H2,1-3H3. The molecule has 0 aromatic carbocycles. The van der Waals surface area contributed by atoms with E-state index in [2.05, 4.69) is 19.2 Å². The summed E-state index contributed by atoms with van der Waals surface area (Å²) in [5, 5.41) is 3.13. The number of hydrogen-bond donors (Lipinski definition) is 1. The van der Waals surface area contributed by atoms with Gasteiger partial charge < -0.3 is 14.8 Å². The van der Waals surface area contributed by atoms with E-state index in [9.17, 15) is 0 Å². The molecule has 90 valence electrons. The quantitative estimate of drug-likeness (QED) is 0.689. The fourth-order valence-corrected chi connectivity index (χ4v) is 1.90. The predicted octanol–water partition coefficient (Wildman–Crippen LogP) is 2.17. The van der Waals surface area contributed by atoms with Gasteiger partial charge in [-0.1, -0.05) is 13.8 Å². The first kappa shape index (κ1) is 12.9. The van der Waals surface area contributed by atoms with E-state index in [0.29, 0.717) is 0 Å². The first-order valence-electron chi connectivity index (χ1n) is 6.14. The van der Waals surface area contributed by atoms with Gasteiger partial charge in [-0.3, -0.25) is 0 Å². The van der Waals surface area contributed by atoms with E-state index < -0.39 is 0 Å². The third kappa shape index (κ3) is 3.74. The molecular weight excluding hydrogens is 190 g/mol. The van der Waals surface area contributed by atoms with E-state index >= 15 is 0 Å². The van der Waals surface area contributed by atoms with E-state index in [1.807, 2.05) is 7.05 Å². The van der Waals surface area contributed by atoms with Crippen molar-refractivity contribution in [2.24, 2.45) is 5.41 Å². The summed E-state index contributed by atoms with van der Waals surface area (Å²) in [6.45, 7) is 7.21. The molecule has 1 fully saturated rings. The van der Waals surface area contributed by atoms with Crippen molar-refractivity contribution in [3.05, 3.63) is 0 Å². The molecule has 0 amide bonds. The summed E-state index contributed by atoms with van der Waals surface area (Å²) in [5.74, 6) is 0. The molecule has 1 saturated heterocycles. The van der Waals surface area contributed by atoms with Gasteiger partial charge >= 0.3 is 0 Å². The summed E-state index contributed by atoms with van der Waals surface area (Å²) in [6.07, 6.45) is 4.44. The topological polar surface area (TPSA) is 30.5 Å². The van der Waals surface area contributed by atoms with Crippen molar-refractivity contribution in [2.75, 3.05) is 26.8 Å². The van der Waals surface area contributed by atoms with E-state index in [1.54, 1.807) is 0 Å². The Labute approximate surface area is 93.5 Å². The lowest BCUT2D eigenvalue weighted by Gasteiger charge is -2.38. The molecule has 3 nitrogen and oxygen atoms in total. The zero-order chi connectivity index (χ0) is 11.1. The van der Waals surface area contributed by atoms with Gasteiger partial charge in [-0.15, -0.1) is 0 Å². The van der Waals surface area contributed by atoms with Gasteiger partial charge in [0, 0.05) is 5.41 Å². The van der Waals surface area contributed by atoms with Gasteiger partial charge in [0.15, 0.2) is 6.29 Å². The molecule has 0 saturated carbocycles. The Hall–Kier alpha value is -0.120. The Morgan fingerprint density at radius 3 is 2.27 bits per heavy atom. The van der Waals surface area contributed by atoms with Crippen LogP contribution in [0.15, 0.2) is 0 Å². The normalized spacial score (nSPS) is 21.8. The summed E-state index contributed by atoms with van der Waals surface area (Å²) in [4.78, 5) is 0. The van der Waals surface area contributed by atoms with Crippen molar-refractivity contribution in [3.8, 4) is 0 Å². The van der Waals surface area contributed by atoms with Crippen molar-refractivity contribution in [2.45, 2.75) is 45.8 Å². The zero-order valence-corrected chi connectivity index (χ0v) is 10.3. The third-order valence-electron chi connectivity index (χ3n) is 3.52. The zero-order valence-electron chi connectivity index (χ0n) is 10.3. The van der Waals surface area contributed by atoms with Crippen molar-refractivity contribution < 1.29 is 9.47 Å². The molecule has 0 radical (unpaired) electrons. The highest BCUT2D eigenvalue weighted by molar-refractivity contribution is 4.78. The Kier molecular flexibility index (Phi) is 5.58. The molecule has 0 aliphatic carbocycles. The molecule has 0 atom stereocenters. The SMILES string of the molecule is CCC1(CC)COC(CCCNC)OC1. The number of nitrogens with one attached hydrogen (secondary N) is 1. The van der Waals surface area contributed by atoms with Gasteiger partial charge in [-0.25, -0.2) is 0 Å². The second-order valence-electron chi connectivity index (χ2n) is 4.50. The highest BCUT2D eigenvalue weighted by Crippen LogP contribution is 2.32. The van der Waals surface area contributed by atoms with Crippen LogP contribution in [0.25, 0.3) is 0 Å². The van der Waals surface area contributed by atoms with Gasteiger partial charge in [0.25, 0.3) is 0 Å². The summed E-state index contributed by atoms with van der Waals surface area (Å²) in [6, 6.07) is 0. The Bertz CT molecular complexity index is 159. The van der Waals surface area contributed by atoms with E-state index in [-0.39, 0.29) is 11.7 Å². The maximum Gasteiger partial charge on any atom is 0.157 e. The molecule has 0 spiro atoms. The average molecular weight is 215 g/mol. The van der Waals surface area contributed by atoms with Crippen molar-refractivity contribution in [3.63, 3.8) is 0 Å². The van der Waals surface area contributed by atoms with Gasteiger partial charge in [0.2, 0.25) is 0 Å². The molecular formula is C12H25NO2. The molecule has 15 heavy (non-hydrogen) atoms. The minimum Gasteiger partial charge on any atom is -0.352 e. The van der Waals surface area contributed by atoms with Gasteiger partial charge in [0.1, 0.15) is 0 Å². The minimum absolute atomic E-state index is 0.0320. The second kappa shape index (κ2) is 6.46. The molecule has 0 unspecified atom stereocenters. The van der Waals surface area contributed by atoms with Gasteiger partial charge in [0.05, 0.1) is 13.2 Å². The van der Waals surface area contributed by atoms with E-state index in [0.717, 1.165) is 45.4 Å². The van der Waals surface area contributed by atoms with Crippen LogP contribution in [0, 0.1) is 5.41 Å². The Morgan fingerprint density at radius 1 is 1.20 bits per heavy atom. The molecule has 1 rings (SSSR count). The summed E-state index contributed by atoms with van der Waals surface area (Å²) < 4.78 is 11.5. The summed E-state index contributed by atoms with van der Waals surface area (Å²) >= 11 is 0. The van der Waals surface area contributed by atoms with Crippen LogP contribution in [0.4, 0.5) is 0 Å². The van der Waals surface area contributed by atoms with E-state index in [1.165, 1.54) is 0 Å². The molecule has 1 N–H and O–H groups in total. The molecule has 0 bridgehead atoms. The molecule has 1 aliphatic rings. The van der Waals surface area contributed by atoms with Crippen LogP contribution >= 0.6 is 0 Å². The third-order valence-corrected chi connectivity index (χ3v) is 3.52. The largest absolute Gasteiger partial charge is 0.352 e. The molecule has 0 aromatic rings. The maximum atomic E-state index is 5.77. The minimum atomic E-state index is 0.0320. The van der Waals surface area contributed by atoms with Crippen molar-refractivity contribution in [1.82, 2.24) is 5.32 Å².